The van der Waals surface area contributed by atoms with Crippen LogP contribution in [0.1, 0.15) is 46.4 Å². The lowest BCUT2D eigenvalue weighted by Crippen LogP contribution is -2.30. The molecule has 8 heteroatoms. The van der Waals surface area contributed by atoms with E-state index < -0.39 is 11.9 Å². The molecule has 0 spiro atoms. The quantitative estimate of drug-likeness (QED) is 0.452. The van der Waals surface area contributed by atoms with Crippen LogP contribution in [0, 0.1) is 6.92 Å². The summed E-state index contributed by atoms with van der Waals surface area (Å²) in [5.41, 5.74) is 0.706. The van der Waals surface area contributed by atoms with Gasteiger partial charge in [-0.3, -0.25) is 9.59 Å². The van der Waals surface area contributed by atoms with Gasteiger partial charge in [-0.05, 0) is 56.2 Å². The van der Waals surface area contributed by atoms with Gasteiger partial charge in [-0.15, -0.1) is 11.3 Å². The first-order valence-corrected chi connectivity index (χ1v) is 11.7. The van der Waals surface area contributed by atoms with Crippen LogP contribution in [-0.4, -0.2) is 49.0 Å². The summed E-state index contributed by atoms with van der Waals surface area (Å²) in [4.78, 5) is 40.2. The first-order valence-electron chi connectivity index (χ1n) is 10.9. The Morgan fingerprint density at radius 2 is 1.70 bits per heavy atom. The Morgan fingerprint density at radius 3 is 2.36 bits per heavy atom. The molecule has 3 aromatic rings. The van der Waals surface area contributed by atoms with Gasteiger partial charge in [0, 0.05) is 13.1 Å². The summed E-state index contributed by atoms with van der Waals surface area (Å²) < 4.78 is 10.8. The second-order valence-electron chi connectivity index (χ2n) is 7.30. The van der Waals surface area contributed by atoms with Crippen LogP contribution in [-0.2, 0) is 9.53 Å². The zero-order valence-electron chi connectivity index (χ0n) is 19.3. The van der Waals surface area contributed by atoms with Gasteiger partial charge in [-0.1, -0.05) is 30.3 Å². The molecule has 174 valence electrons. The highest BCUT2D eigenvalue weighted by atomic mass is 32.1. The smallest absolute Gasteiger partial charge is 0.341 e. The van der Waals surface area contributed by atoms with E-state index in [0.717, 1.165) is 22.1 Å². The molecule has 0 aliphatic heterocycles. The first-order chi connectivity index (χ1) is 15.9. The van der Waals surface area contributed by atoms with Crippen LogP contribution in [0.3, 0.4) is 0 Å². The minimum absolute atomic E-state index is 0.180. The summed E-state index contributed by atoms with van der Waals surface area (Å²) in [6, 6.07) is 13.5. The number of carbonyl (C=O) groups excluding carboxylic acids is 3. The van der Waals surface area contributed by atoms with Crippen molar-refractivity contribution in [2.45, 2.75) is 27.7 Å². The van der Waals surface area contributed by atoms with Gasteiger partial charge in [0.15, 0.2) is 6.61 Å². The lowest BCUT2D eigenvalue weighted by molar-refractivity contribution is -0.118. The molecule has 0 saturated carbocycles. The molecule has 0 unspecified atom stereocenters. The van der Waals surface area contributed by atoms with Gasteiger partial charge >= 0.3 is 5.97 Å². The SMILES string of the molecule is CCOC(=O)c1c(NC(=O)COc2ccc3ccccc3c2)sc(C(=O)N(CC)CC)c1C. The van der Waals surface area contributed by atoms with Crippen molar-refractivity contribution in [3.05, 3.63) is 58.5 Å². The number of nitrogens with zero attached hydrogens (tertiary/aromatic N) is 1. The average Bonchev–Trinajstić information content (AvgIpc) is 3.14. The minimum Gasteiger partial charge on any atom is -0.484 e. The molecule has 0 saturated heterocycles. The van der Waals surface area contributed by atoms with Crippen LogP contribution in [0.25, 0.3) is 10.8 Å². The fraction of sp³-hybridized carbons (Fsp3) is 0.320. The Labute approximate surface area is 197 Å². The summed E-state index contributed by atoms with van der Waals surface area (Å²) in [6.45, 7) is 8.22. The van der Waals surface area contributed by atoms with Gasteiger partial charge in [-0.25, -0.2) is 4.79 Å². The number of amides is 2. The Balaban J connectivity index is 1.79. The highest BCUT2D eigenvalue weighted by Gasteiger charge is 2.28. The standard InChI is InChI=1S/C25H28N2O5S/c1-5-27(6-2)24(29)22-16(4)21(25(30)31-7-3)23(33-22)26-20(28)15-32-19-13-12-17-10-8-9-11-18(17)14-19/h8-14H,5-7,15H2,1-4H3,(H,26,28). The van der Waals surface area contributed by atoms with Crippen molar-refractivity contribution in [2.24, 2.45) is 0 Å². The van der Waals surface area contributed by atoms with Crippen molar-refractivity contribution in [1.29, 1.82) is 0 Å². The van der Waals surface area contributed by atoms with E-state index in [1.807, 2.05) is 50.2 Å². The average molecular weight is 469 g/mol. The summed E-state index contributed by atoms with van der Waals surface area (Å²) in [6.07, 6.45) is 0. The van der Waals surface area contributed by atoms with Gasteiger partial charge in [-0.2, -0.15) is 0 Å². The fourth-order valence-corrected chi connectivity index (χ4v) is 4.66. The zero-order chi connectivity index (χ0) is 24.0. The van der Waals surface area contributed by atoms with E-state index in [-0.39, 0.29) is 29.7 Å². The molecule has 33 heavy (non-hydrogen) atoms. The number of ether oxygens (including phenoxy) is 2. The van der Waals surface area contributed by atoms with E-state index in [9.17, 15) is 14.4 Å². The van der Waals surface area contributed by atoms with Crippen LogP contribution in [0.4, 0.5) is 5.00 Å². The topological polar surface area (TPSA) is 84.9 Å². The predicted octanol–water partition coefficient (Wildman–Crippen LogP) is 4.89. The van der Waals surface area contributed by atoms with Crippen LogP contribution in [0.2, 0.25) is 0 Å². The Hall–Kier alpha value is -3.39. The third kappa shape index (κ3) is 5.51. The van der Waals surface area contributed by atoms with Crippen molar-refractivity contribution < 1.29 is 23.9 Å². The minimum atomic E-state index is -0.574. The molecule has 1 heterocycles. The molecule has 1 N–H and O–H groups in total. The third-order valence-corrected chi connectivity index (χ3v) is 6.41. The molecular formula is C25H28N2O5S. The number of benzene rings is 2. The third-order valence-electron chi connectivity index (χ3n) is 5.22. The molecule has 0 fully saturated rings. The zero-order valence-corrected chi connectivity index (χ0v) is 20.1. The van der Waals surface area contributed by atoms with Crippen molar-refractivity contribution in [2.75, 3.05) is 31.6 Å². The number of hydrogen-bond acceptors (Lipinski definition) is 6. The molecule has 2 amide bonds. The van der Waals surface area contributed by atoms with Crippen molar-refractivity contribution in [1.82, 2.24) is 4.90 Å². The lowest BCUT2D eigenvalue weighted by Gasteiger charge is -2.18. The number of esters is 1. The number of anilines is 1. The summed E-state index contributed by atoms with van der Waals surface area (Å²) in [5, 5.41) is 5.10. The lowest BCUT2D eigenvalue weighted by atomic mass is 10.1. The molecule has 7 nitrogen and oxygen atoms in total. The van der Waals surface area contributed by atoms with Crippen molar-refractivity contribution >= 4 is 44.9 Å². The molecule has 1 aromatic heterocycles. The fourth-order valence-electron chi connectivity index (χ4n) is 3.48. The molecule has 2 aromatic carbocycles. The maximum Gasteiger partial charge on any atom is 0.341 e. The molecule has 0 bridgehead atoms. The maximum absolute atomic E-state index is 12.9. The van der Waals surface area contributed by atoms with Gasteiger partial charge in [0.25, 0.3) is 11.8 Å². The second-order valence-corrected chi connectivity index (χ2v) is 8.32. The van der Waals surface area contributed by atoms with E-state index in [1.165, 1.54) is 0 Å². The number of hydrogen-bond donors (Lipinski definition) is 1. The van der Waals surface area contributed by atoms with Gasteiger partial charge in [0.1, 0.15) is 10.8 Å². The van der Waals surface area contributed by atoms with Crippen LogP contribution < -0.4 is 10.1 Å². The van der Waals surface area contributed by atoms with E-state index in [4.69, 9.17) is 9.47 Å². The Bertz CT molecular complexity index is 1170. The molecule has 0 radical (unpaired) electrons. The molecule has 0 aliphatic rings. The van der Waals surface area contributed by atoms with Crippen molar-refractivity contribution in [3.63, 3.8) is 0 Å². The first kappa shape index (κ1) is 24.3. The second kappa shape index (κ2) is 11.0. The highest BCUT2D eigenvalue weighted by molar-refractivity contribution is 7.18. The van der Waals surface area contributed by atoms with Crippen LogP contribution >= 0.6 is 11.3 Å². The predicted molar refractivity (Wildman–Crippen MR) is 130 cm³/mol. The van der Waals surface area contributed by atoms with Gasteiger partial charge in [0.05, 0.1) is 17.0 Å². The number of fused-ring (bicyclic) bond motifs is 1. The van der Waals surface area contributed by atoms with E-state index in [2.05, 4.69) is 5.32 Å². The number of thiophene rings is 1. The van der Waals surface area contributed by atoms with E-state index in [1.54, 1.807) is 24.8 Å². The molecule has 3 rings (SSSR count). The van der Waals surface area contributed by atoms with Crippen molar-refractivity contribution in [3.8, 4) is 5.75 Å². The Morgan fingerprint density at radius 1 is 1.00 bits per heavy atom. The van der Waals surface area contributed by atoms with Crippen LogP contribution in [0.5, 0.6) is 5.75 Å². The molecule has 0 atom stereocenters. The molecular weight excluding hydrogens is 440 g/mol. The normalized spacial score (nSPS) is 10.7. The van der Waals surface area contributed by atoms with Gasteiger partial charge in [0.2, 0.25) is 0 Å². The summed E-state index contributed by atoms with van der Waals surface area (Å²) in [5.74, 6) is -0.623. The highest BCUT2D eigenvalue weighted by Crippen LogP contribution is 2.34. The number of carbonyl (C=O) groups is 3. The number of rotatable bonds is 9. The number of nitrogens with one attached hydrogen (secondary N) is 1. The maximum atomic E-state index is 12.9. The van der Waals surface area contributed by atoms with E-state index in [0.29, 0.717) is 29.3 Å². The molecule has 0 aliphatic carbocycles. The van der Waals surface area contributed by atoms with E-state index >= 15 is 0 Å². The van der Waals surface area contributed by atoms with Crippen LogP contribution in [0.15, 0.2) is 42.5 Å². The summed E-state index contributed by atoms with van der Waals surface area (Å²) in [7, 11) is 0. The van der Waals surface area contributed by atoms with Gasteiger partial charge < -0.3 is 19.7 Å². The Kier molecular flexibility index (Phi) is 8.06. The monoisotopic (exact) mass is 468 g/mol. The largest absolute Gasteiger partial charge is 0.484 e. The summed E-state index contributed by atoms with van der Waals surface area (Å²) >= 11 is 1.08.